The van der Waals surface area contributed by atoms with E-state index >= 15 is 0 Å². The quantitative estimate of drug-likeness (QED) is 0.863. The van der Waals surface area contributed by atoms with Crippen LogP contribution in [0.2, 0.25) is 0 Å². The fraction of sp³-hybridized carbons (Fsp3) is 0.588. The first-order valence-electron chi connectivity index (χ1n) is 7.55. The number of hydrogen-bond acceptors (Lipinski definition) is 3. The van der Waals surface area contributed by atoms with E-state index in [9.17, 15) is 9.81 Å². The van der Waals surface area contributed by atoms with Crippen molar-refractivity contribution in [1.29, 1.82) is 5.26 Å². The van der Waals surface area contributed by atoms with E-state index in [1.165, 1.54) is 6.42 Å². The van der Waals surface area contributed by atoms with Crippen molar-refractivity contribution in [2.45, 2.75) is 57.4 Å². The van der Waals surface area contributed by atoms with E-state index in [-0.39, 0.29) is 17.4 Å². The molecule has 1 aromatic carbocycles. The average molecular weight is 304 g/mol. The highest BCUT2D eigenvalue weighted by molar-refractivity contribution is 7.89. The molecule has 1 aliphatic rings. The first-order valence-corrected chi connectivity index (χ1v) is 8.70. The van der Waals surface area contributed by atoms with Crippen molar-refractivity contribution in [2.24, 2.45) is 11.3 Å². The second-order valence-electron chi connectivity index (χ2n) is 6.83. The Labute approximate surface area is 131 Å². The van der Waals surface area contributed by atoms with E-state index in [0.717, 1.165) is 29.7 Å². The Bertz CT molecular complexity index is 507. The fourth-order valence-corrected chi connectivity index (χ4v) is 4.11. The number of hydrogen-bond donors (Lipinski definition) is 1. The van der Waals surface area contributed by atoms with E-state index in [0.29, 0.717) is 0 Å². The van der Waals surface area contributed by atoms with E-state index in [1.807, 2.05) is 31.2 Å². The molecule has 1 aromatic rings. The Morgan fingerprint density at radius 3 is 2.62 bits per heavy atom. The van der Waals surface area contributed by atoms with Gasteiger partial charge in [-0.15, -0.1) is 4.72 Å². The van der Waals surface area contributed by atoms with Gasteiger partial charge >= 0.3 is 0 Å². The maximum atomic E-state index is 12.4. The number of benzene rings is 1. The lowest BCUT2D eigenvalue weighted by Gasteiger charge is -2.36. The summed E-state index contributed by atoms with van der Waals surface area (Å²) >= 11 is -1.32. The molecule has 0 bridgehead atoms. The molecule has 1 N–H and O–H groups in total. The number of nitrogens with zero attached hydrogens (tertiary/aromatic N) is 1. The summed E-state index contributed by atoms with van der Waals surface area (Å²) in [5.41, 5.74) is 1.42. The highest BCUT2D eigenvalue weighted by atomic mass is 32.2. The Morgan fingerprint density at radius 1 is 1.38 bits per heavy atom. The zero-order valence-electron chi connectivity index (χ0n) is 13.1. The maximum Gasteiger partial charge on any atom is 0.173 e. The third kappa shape index (κ3) is 4.47. The van der Waals surface area contributed by atoms with Crippen molar-refractivity contribution in [2.75, 3.05) is 0 Å². The monoisotopic (exact) mass is 304 g/mol. The van der Waals surface area contributed by atoms with Crippen molar-refractivity contribution < 1.29 is 4.55 Å². The van der Waals surface area contributed by atoms with Gasteiger partial charge in [0.15, 0.2) is 4.90 Å². The molecule has 0 aromatic heterocycles. The van der Waals surface area contributed by atoms with Crippen molar-refractivity contribution in [3.05, 3.63) is 29.8 Å². The molecule has 1 unspecified atom stereocenters. The maximum absolute atomic E-state index is 12.4. The summed E-state index contributed by atoms with van der Waals surface area (Å²) in [4.78, 5) is 0.732. The van der Waals surface area contributed by atoms with Crippen LogP contribution in [-0.4, -0.2) is 10.6 Å². The molecule has 2 rings (SSSR count). The molecule has 1 aliphatic carbocycles. The zero-order chi connectivity index (χ0) is 15.5. The molecule has 0 amide bonds. The first kappa shape index (κ1) is 16.4. The van der Waals surface area contributed by atoms with E-state index in [1.54, 1.807) is 0 Å². The minimum absolute atomic E-state index is 0.283. The highest BCUT2D eigenvalue weighted by Gasteiger charge is 2.35. The van der Waals surface area contributed by atoms with Gasteiger partial charge in [0.2, 0.25) is 0 Å². The smallest absolute Gasteiger partial charge is 0.173 e. The van der Waals surface area contributed by atoms with E-state index in [2.05, 4.69) is 24.6 Å². The molecule has 114 valence electrons. The largest absolute Gasteiger partial charge is 0.593 e. The molecule has 3 nitrogen and oxygen atoms in total. The van der Waals surface area contributed by atoms with Crippen molar-refractivity contribution >= 4 is 11.4 Å². The number of nitrogens with one attached hydrogen (secondary N) is 1. The van der Waals surface area contributed by atoms with Gasteiger partial charge in [-0.25, -0.2) is 0 Å². The van der Waals surface area contributed by atoms with Crippen LogP contribution >= 0.6 is 0 Å². The highest BCUT2D eigenvalue weighted by Crippen LogP contribution is 2.40. The van der Waals surface area contributed by atoms with Crippen molar-refractivity contribution in [3.8, 4) is 6.07 Å². The van der Waals surface area contributed by atoms with Crippen LogP contribution in [0.1, 0.15) is 45.1 Å². The molecule has 0 radical (unpaired) electrons. The van der Waals surface area contributed by atoms with E-state index in [4.69, 9.17) is 0 Å². The molecule has 21 heavy (non-hydrogen) atoms. The molecule has 0 saturated heterocycles. The van der Waals surface area contributed by atoms with Crippen LogP contribution in [0.3, 0.4) is 0 Å². The number of nitriles is 1. The summed E-state index contributed by atoms with van der Waals surface area (Å²) in [5.74, 6) is 0.285. The van der Waals surface area contributed by atoms with Crippen LogP contribution in [-0.2, 0) is 11.4 Å². The van der Waals surface area contributed by atoms with Gasteiger partial charge in [-0.1, -0.05) is 38.0 Å². The predicted molar refractivity (Wildman–Crippen MR) is 85.9 cm³/mol. The molecule has 1 fully saturated rings. The minimum atomic E-state index is -1.32. The van der Waals surface area contributed by atoms with E-state index < -0.39 is 11.4 Å². The SMILES string of the molecule is Cc1ccc([S+]([O-])N[C@H](C#N)[C@@H]2CCCC(C)(C)C2)cc1. The van der Waals surface area contributed by atoms with Gasteiger partial charge in [0, 0.05) is 0 Å². The van der Waals surface area contributed by atoms with Gasteiger partial charge in [0.05, 0.1) is 17.4 Å². The Balaban J connectivity index is 2.02. The Morgan fingerprint density at radius 2 is 2.05 bits per heavy atom. The van der Waals surface area contributed by atoms with Crippen LogP contribution in [0.5, 0.6) is 0 Å². The third-order valence-corrected chi connectivity index (χ3v) is 5.49. The molecule has 0 spiro atoms. The van der Waals surface area contributed by atoms with Crippen LogP contribution in [0.15, 0.2) is 29.2 Å². The summed E-state index contributed by atoms with van der Waals surface area (Å²) in [7, 11) is 0. The minimum Gasteiger partial charge on any atom is -0.593 e. The van der Waals surface area contributed by atoms with Gasteiger partial charge in [-0.05, 0) is 49.7 Å². The lowest BCUT2D eigenvalue weighted by molar-refractivity contribution is 0.168. The van der Waals surface area contributed by atoms with Crippen molar-refractivity contribution in [3.63, 3.8) is 0 Å². The van der Waals surface area contributed by atoms with Crippen LogP contribution < -0.4 is 4.72 Å². The van der Waals surface area contributed by atoms with Gasteiger partial charge < -0.3 is 4.55 Å². The Kier molecular flexibility index (Phi) is 5.32. The summed E-state index contributed by atoms with van der Waals surface area (Å²) < 4.78 is 15.4. The molecule has 1 saturated carbocycles. The molecule has 0 heterocycles. The molecule has 0 aliphatic heterocycles. The third-order valence-electron chi connectivity index (χ3n) is 4.32. The molecular formula is C17H24N2OS. The summed E-state index contributed by atoms with van der Waals surface area (Å²) in [5, 5.41) is 9.44. The fourth-order valence-electron chi connectivity index (χ4n) is 3.11. The van der Waals surface area contributed by atoms with Crippen LogP contribution in [0, 0.1) is 29.6 Å². The van der Waals surface area contributed by atoms with Crippen molar-refractivity contribution in [1.82, 2.24) is 4.72 Å². The standard InChI is InChI=1S/C17H24N2OS/c1-13-6-8-15(9-7-13)21(20)19-16(12-18)14-5-4-10-17(2,3)11-14/h6-9,14,16,19H,4-5,10-11H2,1-3H3/t14-,16-,21?/m1/s1. The second kappa shape index (κ2) is 6.83. The lowest BCUT2D eigenvalue weighted by Crippen LogP contribution is -2.42. The zero-order valence-corrected chi connectivity index (χ0v) is 13.9. The summed E-state index contributed by atoms with van der Waals surface area (Å²) in [6.07, 6.45) is 4.42. The van der Waals surface area contributed by atoms with Crippen LogP contribution in [0.25, 0.3) is 0 Å². The summed E-state index contributed by atoms with van der Waals surface area (Å²) in [6.45, 7) is 6.51. The number of rotatable bonds is 4. The molecule has 3 atom stereocenters. The first-order chi connectivity index (χ1) is 9.91. The Hall–Kier alpha value is -1.02. The normalized spacial score (nSPS) is 24.0. The van der Waals surface area contributed by atoms with Gasteiger partial charge in [0.25, 0.3) is 0 Å². The lowest BCUT2D eigenvalue weighted by atomic mass is 9.70. The summed E-state index contributed by atoms with van der Waals surface area (Å²) in [6, 6.07) is 9.58. The van der Waals surface area contributed by atoms with Gasteiger partial charge in [-0.3, -0.25) is 0 Å². The molecule has 4 heteroatoms. The average Bonchev–Trinajstić information content (AvgIpc) is 2.44. The van der Waals surface area contributed by atoms with Gasteiger partial charge in [-0.2, -0.15) is 5.26 Å². The number of aryl methyl sites for hydroxylation is 1. The topological polar surface area (TPSA) is 58.9 Å². The predicted octanol–water partition coefficient (Wildman–Crippen LogP) is 3.72. The van der Waals surface area contributed by atoms with Crippen LogP contribution in [0.4, 0.5) is 0 Å². The second-order valence-corrected chi connectivity index (χ2v) is 8.07. The van der Waals surface area contributed by atoms with Gasteiger partial charge in [0.1, 0.15) is 6.04 Å². The molecular weight excluding hydrogens is 280 g/mol.